The summed E-state index contributed by atoms with van der Waals surface area (Å²) >= 11 is 3.26. The van der Waals surface area contributed by atoms with Gasteiger partial charge in [0.1, 0.15) is 7.11 Å². The molecular formula is C5H6BrN3O. The largest absolute Gasteiger partial charge is 0.399 e. The van der Waals surface area contributed by atoms with Gasteiger partial charge in [0.05, 0.1) is 22.6 Å². The zero-order chi connectivity index (χ0) is 7.40. The molecule has 0 aliphatic carbocycles. The molecule has 1 rings (SSSR count). The third-order valence-corrected chi connectivity index (χ3v) is 1.54. The molecule has 0 unspecified atom stereocenters. The second-order valence-corrected chi connectivity index (χ2v) is 2.40. The lowest BCUT2D eigenvalue weighted by molar-refractivity contribution is 0.215. The summed E-state index contributed by atoms with van der Waals surface area (Å²) in [5.41, 5.74) is 0.793. The normalized spacial score (nSPS) is 10.6. The molecule has 1 aromatic rings. The number of hydrogen-bond acceptors (Lipinski definition) is 3. The van der Waals surface area contributed by atoms with Gasteiger partial charge in [-0.3, -0.25) is 5.10 Å². The molecule has 0 radical (unpaired) electrons. The van der Waals surface area contributed by atoms with E-state index >= 15 is 0 Å². The van der Waals surface area contributed by atoms with Crippen molar-refractivity contribution in [2.24, 2.45) is 5.16 Å². The Morgan fingerprint density at radius 3 is 3.20 bits per heavy atom. The van der Waals surface area contributed by atoms with Crippen LogP contribution in [0.1, 0.15) is 5.69 Å². The molecule has 5 heteroatoms. The maximum Gasteiger partial charge on any atom is 0.106 e. The minimum atomic E-state index is 0.793. The van der Waals surface area contributed by atoms with E-state index in [4.69, 9.17) is 0 Å². The lowest BCUT2D eigenvalue weighted by Crippen LogP contribution is -1.82. The highest BCUT2D eigenvalue weighted by Gasteiger charge is 1.95. The maximum absolute atomic E-state index is 4.47. The van der Waals surface area contributed by atoms with Crippen LogP contribution in [0.15, 0.2) is 15.8 Å². The van der Waals surface area contributed by atoms with E-state index in [1.807, 2.05) is 0 Å². The summed E-state index contributed by atoms with van der Waals surface area (Å²) in [7, 11) is 1.49. The highest BCUT2D eigenvalue weighted by atomic mass is 79.9. The van der Waals surface area contributed by atoms with Crippen LogP contribution in [0, 0.1) is 0 Å². The van der Waals surface area contributed by atoms with E-state index in [1.54, 1.807) is 6.20 Å². The number of halogens is 1. The summed E-state index contributed by atoms with van der Waals surface area (Å²) in [4.78, 5) is 4.47. The molecule has 0 atom stereocenters. The number of nitrogens with zero attached hydrogens (tertiary/aromatic N) is 2. The molecule has 0 aliphatic heterocycles. The average molecular weight is 204 g/mol. The summed E-state index contributed by atoms with van der Waals surface area (Å²) in [6.07, 6.45) is 3.19. The number of oxime groups is 1. The molecular weight excluding hydrogens is 198 g/mol. The van der Waals surface area contributed by atoms with Crippen LogP contribution >= 0.6 is 15.9 Å². The van der Waals surface area contributed by atoms with Crippen LogP contribution in [0.25, 0.3) is 0 Å². The number of aromatic amines is 1. The van der Waals surface area contributed by atoms with Gasteiger partial charge < -0.3 is 4.84 Å². The van der Waals surface area contributed by atoms with Crippen LogP contribution in [0.2, 0.25) is 0 Å². The third-order valence-electron chi connectivity index (χ3n) is 0.907. The van der Waals surface area contributed by atoms with E-state index in [2.05, 4.69) is 36.1 Å². The van der Waals surface area contributed by atoms with Gasteiger partial charge in [-0.05, 0) is 15.9 Å². The summed E-state index contributed by atoms with van der Waals surface area (Å²) in [6.45, 7) is 0. The molecule has 4 nitrogen and oxygen atoms in total. The highest BCUT2D eigenvalue weighted by Crippen LogP contribution is 2.09. The fourth-order valence-corrected chi connectivity index (χ4v) is 0.771. The van der Waals surface area contributed by atoms with Crippen LogP contribution in [-0.2, 0) is 4.84 Å². The summed E-state index contributed by atoms with van der Waals surface area (Å²) in [6, 6.07) is 0. The maximum atomic E-state index is 4.47. The molecule has 0 saturated heterocycles. The standard InChI is InChI=1S/C5H6BrN3O/c1-10-8-3-5-4(6)2-7-9-5/h2-3H,1H3,(H,7,9). The molecule has 0 amide bonds. The first-order valence-corrected chi connectivity index (χ1v) is 3.39. The van der Waals surface area contributed by atoms with Gasteiger partial charge in [0.2, 0.25) is 0 Å². The predicted molar refractivity (Wildman–Crippen MR) is 40.9 cm³/mol. The zero-order valence-corrected chi connectivity index (χ0v) is 6.92. The average Bonchev–Trinajstić information content (AvgIpc) is 2.31. The molecule has 0 aromatic carbocycles. The van der Waals surface area contributed by atoms with Crippen molar-refractivity contribution < 1.29 is 4.84 Å². The lowest BCUT2D eigenvalue weighted by atomic mass is 10.5. The molecule has 0 bridgehead atoms. The van der Waals surface area contributed by atoms with Crippen molar-refractivity contribution in [2.75, 3.05) is 7.11 Å². The number of aromatic nitrogens is 2. The lowest BCUT2D eigenvalue weighted by Gasteiger charge is -1.85. The summed E-state index contributed by atoms with van der Waals surface area (Å²) < 4.78 is 0.869. The van der Waals surface area contributed by atoms with Gasteiger partial charge in [-0.15, -0.1) is 0 Å². The monoisotopic (exact) mass is 203 g/mol. The Hall–Kier alpha value is -0.840. The van der Waals surface area contributed by atoms with E-state index in [0.29, 0.717) is 0 Å². The van der Waals surface area contributed by atoms with Crippen LogP contribution < -0.4 is 0 Å². The minimum absolute atomic E-state index is 0.793. The smallest absolute Gasteiger partial charge is 0.106 e. The van der Waals surface area contributed by atoms with Crippen molar-refractivity contribution in [1.29, 1.82) is 0 Å². The molecule has 1 aromatic heterocycles. The van der Waals surface area contributed by atoms with Crippen LogP contribution in [0.5, 0.6) is 0 Å². The first-order valence-electron chi connectivity index (χ1n) is 2.60. The van der Waals surface area contributed by atoms with Crippen molar-refractivity contribution >= 4 is 22.1 Å². The van der Waals surface area contributed by atoms with Crippen molar-refractivity contribution in [3.63, 3.8) is 0 Å². The number of rotatable bonds is 2. The minimum Gasteiger partial charge on any atom is -0.399 e. The highest BCUT2D eigenvalue weighted by molar-refractivity contribution is 9.10. The molecule has 0 spiro atoms. The van der Waals surface area contributed by atoms with Crippen LogP contribution in [-0.4, -0.2) is 23.5 Å². The molecule has 10 heavy (non-hydrogen) atoms. The van der Waals surface area contributed by atoms with Crippen molar-refractivity contribution in [1.82, 2.24) is 10.2 Å². The van der Waals surface area contributed by atoms with Crippen molar-refractivity contribution in [3.8, 4) is 0 Å². The van der Waals surface area contributed by atoms with Crippen LogP contribution in [0.3, 0.4) is 0 Å². The molecule has 0 fully saturated rings. The van der Waals surface area contributed by atoms with Gasteiger partial charge in [-0.25, -0.2) is 0 Å². The van der Waals surface area contributed by atoms with E-state index < -0.39 is 0 Å². The van der Waals surface area contributed by atoms with Gasteiger partial charge in [0.15, 0.2) is 0 Å². The van der Waals surface area contributed by atoms with Gasteiger partial charge in [-0.2, -0.15) is 5.10 Å². The van der Waals surface area contributed by atoms with Gasteiger partial charge in [0, 0.05) is 0 Å². The molecule has 1 N–H and O–H groups in total. The molecule has 0 aliphatic rings. The quantitative estimate of drug-likeness (QED) is 0.580. The molecule has 1 heterocycles. The van der Waals surface area contributed by atoms with Crippen molar-refractivity contribution in [2.45, 2.75) is 0 Å². The zero-order valence-electron chi connectivity index (χ0n) is 5.34. The Bertz CT molecular complexity index is 233. The molecule has 0 saturated carbocycles. The Kier molecular flexibility index (Phi) is 2.44. The second-order valence-electron chi connectivity index (χ2n) is 1.55. The molecule has 54 valence electrons. The summed E-state index contributed by atoms with van der Waals surface area (Å²) in [5.74, 6) is 0. The Balaban J connectivity index is 2.74. The van der Waals surface area contributed by atoms with Crippen LogP contribution in [0.4, 0.5) is 0 Å². The number of H-pyrrole nitrogens is 1. The van der Waals surface area contributed by atoms with Gasteiger partial charge in [-0.1, -0.05) is 5.16 Å². The van der Waals surface area contributed by atoms with E-state index in [9.17, 15) is 0 Å². The first kappa shape index (κ1) is 7.27. The van der Waals surface area contributed by atoms with E-state index in [-0.39, 0.29) is 0 Å². The Morgan fingerprint density at radius 2 is 2.70 bits per heavy atom. The third kappa shape index (κ3) is 1.57. The predicted octanol–water partition coefficient (Wildman–Crippen LogP) is 1.15. The van der Waals surface area contributed by atoms with E-state index in [1.165, 1.54) is 13.3 Å². The second kappa shape index (κ2) is 3.36. The number of hydrogen-bond donors (Lipinski definition) is 1. The fraction of sp³-hybridized carbons (Fsp3) is 0.200. The topological polar surface area (TPSA) is 50.3 Å². The van der Waals surface area contributed by atoms with E-state index in [0.717, 1.165) is 10.2 Å². The van der Waals surface area contributed by atoms with Gasteiger partial charge >= 0.3 is 0 Å². The first-order chi connectivity index (χ1) is 4.84. The number of nitrogens with one attached hydrogen (secondary N) is 1. The van der Waals surface area contributed by atoms with Gasteiger partial charge in [0.25, 0.3) is 0 Å². The Morgan fingerprint density at radius 1 is 1.90 bits per heavy atom. The van der Waals surface area contributed by atoms with Crippen molar-refractivity contribution in [3.05, 3.63) is 16.4 Å². The Labute approximate surface area is 66.4 Å². The fourth-order valence-electron chi connectivity index (χ4n) is 0.477. The summed E-state index contributed by atoms with van der Waals surface area (Å²) in [5, 5.41) is 10.0. The SMILES string of the molecule is CON=Cc1[nH]ncc1Br.